The standard InChI is InChI=1S/C8H6ClNO2S/c9-4-2-1-3-6-5-13-7(10-6)8(11)12/h5H,2,4H2,(H,11,12)/p-1. The third kappa shape index (κ3) is 3.05. The lowest BCUT2D eigenvalue weighted by molar-refractivity contribution is -0.255. The Morgan fingerprint density at radius 2 is 2.54 bits per heavy atom. The topological polar surface area (TPSA) is 53.0 Å². The summed E-state index contributed by atoms with van der Waals surface area (Å²) in [5.74, 6) is 4.64. The molecule has 0 bridgehead atoms. The number of alkyl halides is 1. The van der Waals surface area contributed by atoms with E-state index in [0.717, 1.165) is 11.3 Å². The fourth-order valence-electron chi connectivity index (χ4n) is 0.625. The molecule has 0 aromatic carbocycles. The average Bonchev–Trinajstić information content (AvgIpc) is 2.53. The number of hydrogen-bond acceptors (Lipinski definition) is 4. The van der Waals surface area contributed by atoms with Gasteiger partial charge in [-0.1, -0.05) is 5.92 Å². The number of rotatable bonds is 2. The Morgan fingerprint density at radius 3 is 3.08 bits per heavy atom. The number of nitrogens with zero attached hydrogens (tertiary/aromatic N) is 1. The van der Waals surface area contributed by atoms with Gasteiger partial charge in [0.05, 0.1) is 0 Å². The molecule has 1 heterocycles. The first-order valence-electron chi connectivity index (χ1n) is 3.45. The first-order chi connectivity index (χ1) is 6.24. The van der Waals surface area contributed by atoms with Gasteiger partial charge in [0.15, 0.2) is 0 Å². The largest absolute Gasteiger partial charge is 0.542 e. The molecule has 0 radical (unpaired) electrons. The van der Waals surface area contributed by atoms with Crippen LogP contribution in [0.25, 0.3) is 0 Å². The highest BCUT2D eigenvalue weighted by molar-refractivity contribution is 7.11. The number of carbonyl (C=O) groups excluding carboxylic acids is 1. The molecular weight excluding hydrogens is 210 g/mol. The summed E-state index contributed by atoms with van der Waals surface area (Å²) in [4.78, 5) is 14.0. The fourth-order valence-corrected chi connectivity index (χ4v) is 1.30. The molecule has 0 aliphatic carbocycles. The van der Waals surface area contributed by atoms with Crippen LogP contribution in [0.15, 0.2) is 5.38 Å². The molecule has 0 amide bonds. The lowest BCUT2D eigenvalue weighted by atomic mass is 10.4. The van der Waals surface area contributed by atoms with Gasteiger partial charge in [-0.25, -0.2) is 4.98 Å². The summed E-state index contributed by atoms with van der Waals surface area (Å²) in [7, 11) is 0. The highest BCUT2D eigenvalue weighted by Crippen LogP contribution is 2.07. The van der Waals surface area contributed by atoms with Gasteiger partial charge in [-0.3, -0.25) is 0 Å². The van der Waals surface area contributed by atoms with E-state index in [4.69, 9.17) is 11.6 Å². The van der Waals surface area contributed by atoms with Crippen molar-refractivity contribution in [1.82, 2.24) is 4.98 Å². The Balaban J connectivity index is 2.71. The summed E-state index contributed by atoms with van der Waals surface area (Å²) in [5, 5.41) is 11.8. The maximum absolute atomic E-state index is 10.3. The third-order valence-electron chi connectivity index (χ3n) is 1.11. The van der Waals surface area contributed by atoms with Gasteiger partial charge in [0.2, 0.25) is 0 Å². The number of thiazole rings is 1. The molecule has 0 spiro atoms. The van der Waals surface area contributed by atoms with Gasteiger partial charge in [-0.05, 0) is 5.92 Å². The molecule has 0 unspecified atom stereocenters. The molecule has 5 heteroatoms. The Hall–Kier alpha value is -1.05. The molecule has 1 aromatic rings. The second-order valence-corrected chi connectivity index (χ2v) is 3.30. The Morgan fingerprint density at radius 1 is 1.77 bits per heavy atom. The molecule has 1 rings (SSSR count). The molecule has 3 nitrogen and oxygen atoms in total. The van der Waals surface area contributed by atoms with Crippen molar-refractivity contribution in [1.29, 1.82) is 0 Å². The minimum absolute atomic E-state index is 0.0461. The first kappa shape index (κ1) is 10.0. The van der Waals surface area contributed by atoms with Gasteiger partial charge in [0.25, 0.3) is 0 Å². The van der Waals surface area contributed by atoms with Gasteiger partial charge in [0.1, 0.15) is 16.7 Å². The van der Waals surface area contributed by atoms with Crippen molar-refractivity contribution < 1.29 is 9.90 Å². The van der Waals surface area contributed by atoms with E-state index in [1.165, 1.54) is 0 Å². The maximum Gasteiger partial charge on any atom is 0.140 e. The molecule has 0 fully saturated rings. The van der Waals surface area contributed by atoms with Crippen molar-refractivity contribution in [2.75, 3.05) is 5.88 Å². The predicted octanol–water partition coefficient (Wildman–Crippen LogP) is 0.487. The van der Waals surface area contributed by atoms with Crippen LogP contribution in [-0.2, 0) is 0 Å². The van der Waals surface area contributed by atoms with Crippen molar-refractivity contribution in [2.45, 2.75) is 6.42 Å². The highest BCUT2D eigenvalue weighted by atomic mass is 35.5. The van der Waals surface area contributed by atoms with Crippen LogP contribution in [0.5, 0.6) is 0 Å². The summed E-state index contributed by atoms with van der Waals surface area (Å²) in [6, 6.07) is 0. The van der Waals surface area contributed by atoms with Crippen LogP contribution in [0.4, 0.5) is 0 Å². The number of halogens is 1. The Bertz CT molecular complexity index is 364. The van der Waals surface area contributed by atoms with Gasteiger partial charge < -0.3 is 9.90 Å². The van der Waals surface area contributed by atoms with Crippen molar-refractivity contribution in [3.05, 3.63) is 16.1 Å². The van der Waals surface area contributed by atoms with Crippen LogP contribution in [0.2, 0.25) is 0 Å². The Labute approximate surface area is 84.4 Å². The number of carboxylic acids is 1. The third-order valence-corrected chi connectivity index (χ3v) is 2.13. The number of carboxylic acid groups (broad SMARTS) is 1. The smallest absolute Gasteiger partial charge is 0.140 e. The average molecular weight is 215 g/mol. The molecule has 0 N–H and O–H groups in total. The van der Waals surface area contributed by atoms with Crippen molar-refractivity contribution in [3.8, 4) is 11.8 Å². The number of aromatic carboxylic acids is 1. The van der Waals surface area contributed by atoms with Gasteiger partial charge in [-0.2, -0.15) is 0 Å². The zero-order valence-electron chi connectivity index (χ0n) is 6.54. The zero-order valence-corrected chi connectivity index (χ0v) is 8.11. The summed E-state index contributed by atoms with van der Waals surface area (Å²) >= 11 is 6.41. The Kier molecular flexibility index (Phi) is 3.74. The zero-order chi connectivity index (χ0) is 9.68. The van der Waals surface area contributed by atoms with Crippen LogP contribution in [0.3, 0.4) is 0 Å². The van der Waals surface area contributed by atoms with Crippen LogP contribution >= 0.6 is 22.9 Å². The predicted molar refractivity (Wildman–Crippen MR) is 48.7 cm³/mol. The molecule has 0 aliphatic rings. The summed E-state index contributed by atoms with van der Waals surface area (Å²) in [6.07, 6.45) is 0.569. The second kappa shape index (κ2) is 4.85. The summed E-state index contributed by atoms with van der Waals surface area (Å²) in [5.41, 5.74) is 0.453. The van der Waals surface area contributed by atoms with Crippen LogP contribution in [-0.4, -0.2) is 16.8 Å². The van der Waals surface area contributed by atoms with E-state index in [1.54, 1.807) is 5.38 Å². The molecule has 13 heavy (non-hydrogen) atoms. The van der Waals surface area contributed by atoms with Crippen molar-refractivity contribution in [2.24, 2.45) is 0 Å². The molecule has 0 atom stereocenters. The first-order valence-corrected chi connectivity index (χ1v) is 4.87. The summed E-state index contributed by atoms with van der Waals surface area (Å²) < 4.78 is 0. The van der Waals surface area contributed by atoms with Crippen LogP contribution in [0, 0.1) is 11.8 Å². The molecule has 0 saturated heterocycles. The van der Waals surface area contributed by atoms with Gasteiger partial charge >= 0.3 is 0 Å². The van der Waals surface area contributed by atoms with Crippen molar-refractivity contribution >= 4 is 28.9 Å². The van der Waals surface area contributed by atoms with Crippen LogP contribution in [0.1, 0.15) is 21.9 Å². The number of aromatic nitrogens is 1. The van der Waals surface area contributed by atoms with E-state index in [0.29, 0.717) is 18.0 Å². The fraction of sp³-hybridized carbons (Fsp3) is 0.250. The number of hydrogen-bond donors (Lipinski definition) is 0. The van der Waals surface area contributed by atoms with E-state index < -0.39 is 5.97 Å². The summed E-state index contributed by atoms with van der Waals surface area (Å²) in [6.45, 7) is 0. The molecule has 0 saturated carbocycles. The van der Waals surface area contributed by atoms with Gasteiger partial charge in [-0.15, -0.1) is 22.9 Å². The van der Waals surface area contributed by atoms with E-state index in [2.05, 4.69) is 16.8 Å². The van der Waals surface area contributed by atoms with Gasteiger partial charge in [0, 0.05) is 17.7 Å². The monoisotopic (exact) mass is 214 g/mol. The van der Waals surface area contributed by atoms with Crippen LogP contribution < -0.4 is 5.11 Å². The SMILES string of the molecule is O=C([O-])c1nc(C#CCCCl)cs1. The maximum atomic E-state index is 10.3. The van der Waals surface area contributed by atoms with E-state index >= 15 is 0 Å². The minimum atomic E-state index is -1.27. The van der Waals surface area contributed by atoms with E-state index in [-0.39, 0.29) is 5.01 Å². The van der Waals surface area contributed by atoms with Crippen molar-refractivity contribution in [3.63, 3.8) is 0 Å². The van der Waals surface area contributed by atoms with E-state index in [9.17, 15) is 9.90 Å². The highest BCUT2D eigenvalue weighted by Gasteiger charge is 1.98. The molecule has 68 valence electrons. The number of carbonyl (C=O) groups is 1. The molecular formula is C8H5ClNO2S-. The normalized spacial score (nSPS) is 9.00. The minimum Gasteiger partial charge on any atom is -0.542 e. The second-order valence-electron chi connectivity index (χ2n) is 2.07. The lowest BCUT2D eigenvalue weighted by Gasteiger charge is -1.90. The quantitative estimate of drug-likeness (QED) is 0.532. The lowest BCUT2D eigenvalue weighted by Crippen LogP contribution is -2.21. The van der Waals surface area contributed by atoms with E-state index in [1.807, 2.05) is 0 Å². The molecule has 0 aliphatic heterocycles. The molecule has 1 aromatic heterocycles.